The van der Waals surface area contributed by atoms with Crippen molar-refractivity contribution < 1.29 is 8.42 Å². The number of aryl methyl sites for hydroxylation is 1. The van der Waals surface area contributed by atoms with Crippen LogP contribution in [-0.4, -0.2) is 36.8 Å². The van der Waals surface area contributed by atoms with Crippen LogP contribution in [0, 0.1) is 6.92 Å². The third-order valence-electron chi connectivity index (χ3n) is 3.31. The summed E-state index contributed by atoms with van der Waals surface area (Å²) in [6, 6.07) is 5.41. The lowest BCUT2D eigenvalue weighted by atomic mass is 10.1. The first kappa shape index (κ1) is 14.8. The van der Waals surface area contributed by atoms with Gasteiger partial charge in [-0.3, -0.25) is 0 Å². The summed E-state index contributed by atoms with van der Waals surface area (Å²) >= 11 is 1.82. The standard InChI is InChI=1S/C13H20N2O2S2/c1-10-3-4-12(8-14)7-13(10)19(16,17)15-5-6-18-11(2)9-15/h3-4,7,11H,5-6,8-9,14H2,1-2H3. The van der Waals surface area contributed by atoms with E-state index < -0.39 is 10.0 Å². The van der Waals surface area contributed by atoms with Crippen molar-refractivity contribution in [2.45, 2.75) is 30.5 Å². The van der Waals surface area contributed by atoms with Gasteiger partial charge < -0.3 is 5.73 Å². The maximum atomic E-state index is 12.7. The van der Waals surface area contributed by atoms with Crippen LogP contribution >= 0.6 is 11.8 Å². The Morgan fingerprint density at radius 2 is 2.21 bits per heavy atom. The zero-order valence-electron chi connectivity index (χ0n) is 11.3. The minimum atomic E-state index is -3.39. The first-order chi connectivity index (χ1) is 8.95. The van der Waals surface area contributed by atoms with E-state index in [2.05, 4.69) is 6.92 Å². The monoisotopic (exact) mass is 300 g/mol. The van der Waals surface area contributed by atoms with Crippen LogP contribution in [-0.2, 0) is 16.6 Å². The van der Waals surface area contributed by atoms with Crippen molar-refractivity contribution in [2.24, 2.45) is 5.73 Å². The number of nitrogens with two attached hydrogens (primary N) is 1. The van der Waals surface area contributed by atoms with E-state index in [4.69, 9.17) is 5.73 Å². The molecular formula is C13H20N2O2S2. The Bertz CT molecular complexity index is 558. The molecule has 1 aliphatic rings. The third kappa shape index (κ3) is 3.13. The van der Waals surface area contributed by atoms with Crippen LogP contribution in [0.4, 0.5) is 0 Å². The van der Waals surface area contributed by atoms with E-state index in [1.807, 2.05) is 30.8 Å². The van der Waals surface area contributed by atoms with Crippen LogP contribution in [0.5, 0.6) is 0 Å². The van der Waals surface area contributed by atoms with Gasteiger partial charge in [-0.25, -0.2) is 8.42 Å². The fourth-order valence-electron chi connectivity index (χ4n) is 2.19. The second-order valence-electron chi connectivity index (χ2n) is 4.85. The van der Waals surface area contributed by atoms with Gasteiger partial charge in [0.25, 0.3) is 0 Å². The molecule has 4 nitrogen and oxygen atoms in total. The zero-order valence-corrected chi connectivity index (χ0v) is 12.9. The normalized spacial score (nSPS) is 21.5. The molecule has 1 unspecified atom stereocenters. The summed E-state index contributed by atoms with van der Waals surface area (Å²) in [4.78, 5) is 0.398. The van der Waals surface area contributed by atoms with Crippen LogP contribution in [0.25, 0.3) is 0 Å². The number of hydrogen-bond acceptors (Lipinski definition) is 4. The van der Waals surface area contributed by atoms with E-state index in [1.165, 1.54) is 0 Å². The number of nitrogens with zero attached hydrogens (tertiary/aromatic N) is 1. The number of rotatable bonds is 3. The SMILES string of the molecule is Cc1ccc(CN)cc1S(=O)(=O)N1CCSC(C)C1. The number of thioether (sulfide) groups is 1. The molecule has 2 N–H and O–H groups in total. The highest BCUT2D eigenvalue weighted by Crippen LogP contribution is 2.26. The molecule has 0 radical (unpaired) electrons. The quantitative estimate of drug-likeness (QED) is 0.920. The Kier molecular flexibility index (Phi) is 4.55. The first-order valence-corrected chi connectivity index (χ1v) is 8.85. The van der Waals surface area contributed by atoms with Gasteiger partial charge in [-0.2, -0.15) is 16.1 Å². The molecule has 6 heteroatoms. The Balaban J connectivity index is 2.38. The van der Waals surface area contributed by atoms with Gasteiger partial charge in [-0.05, 0) is 24.1 Å². The van der Waals surface area contributed by atoms with E-state index in [9.17, 15) is 8.42 Å². The molecule has 0 aromatic heterocycles. The Morgan fingerprint density at radius 1 is 1.47 bits per heavy atom. The molecule has 0 bridgehead atoms. The second-order valence-corrected chi connectivity index (χ2v) is 8.30. The highest BCUT2D eigenvalue weighted by molar-refractivity contribution is 8.00. The van der Waals surface area contributed by atoms with Crippen molar-refractivity contribution >= 4 is 21.8 Å². The van der Waals surface area contributed by atoms with Gasteiger partial charge in [0.1, 0.15) is 0 Å². The molecule has 1 heterocycles. The Morgan fingerprint density at radius 3 is 2.84 bits per heavy atom. The van der Waals surface area contributed by atoms with E-state index in [0.29, 0.717) is 29.8 Å². The fourth-order valence-corrected chi connectivity index (χ4v) is 5.22. The lowest BCUT2D eigenvalue weighted by Crippen LogP contribution is -2.41. The largest absolute Gasteiger partial charge is 0.326 e. The van der Waals surface area contributed by atoms with Gasteiger partial charge in [0.2, 0.25) is 10.0 Å². The average Bonchev–Trinajstić information content (AvgIpc) is 2.39. The molecule has 0 aliphatic carbocycles. The van der Waals surface area contributed by atoms with Crippen LogP contribution in [0.3, 0.4) is 0 Å². The minimum Gasteiger partial charge on any atom is -0.326 e. The maximum Gasteiger partial charge on any atom is 0.243 e. The van der Waals surface area contributed by atoms with Crippen molar-refractivity contribution in [3.63, 3.8) is 0 Å². The molecule has 19 heavy (non-hydrogen) atoms. The van der Waals surface area contributed by atoms with Crippen LogP contribution < -0.4 is 5.73 Å². The highest BCUT2D eigenvalue weighted by Gasteiger charge is 2.30. The minimum absolute atomic E-state index is 0.349. The van der Waals surface area contributed by atoms with Crippen molar-refractivity contribution in [1.82, 2.24) is 4.31 Å². The van der Waals surface area contributed by atoms with Crippen molar-refractivity contribution in [2.75, 3.05) is 18.8 Å². The number of sulfonamides is 1. The lowest BCUT2D eigenvalue weighted by Gasteiger charge is -2.30. The summed E-state index contributed by atoms with van der Waals surface area (Å²) in [6.07, 6.45) is 0. The number of benzene rings is 1. The molecule has 1 saturated heterocycles. The van der Waals surface area contributed by atoms with Crippen LogP contribution in [0.15, 0.2) is 23.1 Å². The zero-order chi connectivity index (χ0) is 14.0. The molecular weight excluding hydrogens is 280 g/mol. The van der Waals surface area contributed by atoms with Gasteiger partial charge in [0.05, 0.1) is 4.90 Å². The highest BCUT2D eigenvalue weighted by atomic mass is 32.2. The summed E-state index contributed by atoms with van der Waals surface area (Å²) in [6.45, 7) is 5.42. The van der Waals surface area contributed by atoms with E-state index in [1.54, 1.807) is 10.4 Å². The lowest BCUT2D eigenvalue weighted by molar-refractivity contribution is 0.424. The van der Waals surface area contributed by atoms with E-state index in [-0.39, 0.29) is 0 Å². The van der Waals surface area contributed by atoms with Crippen molar-refractivity contribution in [3.05, 3.63) is 29.3 Å². The van der Waals surface area contributed by atoms with Crippen molar-refractivity contribution in [1.29, 1.82) is 0 Å². The molecule has 0 saturated carbocycles. The average molecular weight is 300 g/mol. The maximum absolute atomic E-state index is 12.7. The predicted molar refractivity (Wildman–Crippen MR) is 79.7 cm³/mol. The van der Waals surface area contributed by atoms with Gasteiger partial charge >= 0.3 is 0 Å². The smallest absolute Gasteiger partial charge is 0.243 e. The summed E-state index contributed by atoms with van der Waals surface area (Å²) in [5, 5.41) is 0.349. The van der Waals surface area contributed by atoms with Crippen molar-refractivity contribution in [3.8, 4) is 0 Å². The summed E-state index contributed by atoms with van der Waals surface area (Å²) in [5.74, 6) is 0.857. The van der Waals surface area contributed by atoms with Crippen LogP contribution in [0.1, 0.15) is 18.1 Å². The van der Waals surface area contributed by atoms with Gasteiger partial charge in [-0.1, -0.05) is 19.1 Å². The molecule has 1 fully saturated rings. The predicted octanol–water partition coefficient (Wildman–Crippen LogP) is 1.58. The molecule has 0 amide bonds. The van der Waals surface area contributed by atoms with Crippen LogP contribution in [0.2, 0.25) is 0 Å². The molecule has 2 rings (SSSR count). The first-order valence-electron chi connectivity index (χ1n) is 6.36. The topological polar surface area (TPSA) is 63.4 Å². The molecule has 1 aliphatic heterocycles. The molecule has 106 valence electrons. The van der Waals surface area contributed by atoms with Gasteiger partial charge in [0.15, 0.2) is 0 Å². The Labute approximate surface area is 119 Å². The Hall–Kier alpha value is -0.560. The van der Waals surface area contributed by atoms with E-state index in [0.717, 1.165) is 16.9 Å². The molecule has 1 aromatic carbocycles. The fraction of sp³-hybridized carbons (Fsp3) is 0.538. The summed E-state index contributed by atoms with van der Waals surface area (Å²) < 4.78 is 27.0. The third-order valence-corrected chi connectivity index (χ3v) is 6.45. The van der Waals surface area contributed by atoms with Gasteiger partial charge in [0, 0.05) is 30.6 Å². The van der Waals surface area contributed by atoms with E-state index >= 15 is 0 Å². The molecule has 0 spiro atoms. The van der Waals surface area contributed by atoms with Gasteiger partial charge in [-0.15, -0.1) is 0 Å². The number of hydrogen-bond donors (Lipinski definition) is 1. The second kappa shape index (κ2) is 5.83. The molecule has 1 aromatic rings. The summed E-state index contributed by atoms with van der Waals surface area (Å²) in [5.41, 5.74) is 7.23. The summed E-state index contributed by atoms with van der Waals surface area (Å²) in [7, 11) is -3.39. The molecule has 1 atom stereocenters.